The normalized spacial score (nSPS) is 25.8. The second-order valence-electron chi connectivity index (χ2n) is 6.62. The van der Waals surface area contributed by atoms with E-state index in [0.29, 0.717) is 25.2 Å². The zero-order valence-corrected chi connectivity index (χ0v) is 13.1. The first kappa shape index (κ1) is 15.0. The van der Waals surface area contributed by atoms with E-state index < -0.39 is 5.60 Å². The molecule has 2 heterocycles. The lowest BCUT2D eigenvalue weighted by atomic mass is 9.71. The van der Waals surface area contributed by atoms with Crippen molar-refractivity contribution >= 4 is 5.91 Å². The van der Waals surface area contributed by atoms with Crippen LogP contribution in [0.1, 0.15) is 50.3 Å². The Bertz CT molecular complexity index is 517. The summed E-state index contributed by atoms with van der Waals surface area (Å²) in [5.41, 5.74) is 0.451. The smallest absolute Gasteiger partial charge is 0.274 e. The lowest BCUT2D eigenvalue weighted by Gasteiger charge is -2.48. The summed E-state index contributed by atoms with van der Waals surface area (Å²) < 4.78 is 1.83. The molecule has 1 amide bonds. The Balaban J connectivity index is 2.18. The van der Waals surface area contributed by atoms with Crippen LogP contribution in [0.4, 0.5) is 0 Å². The van der Waals surface area contributed by atoms with E-state index in [1.54, 1.807) is 4.90 Å². The summed E-state index contributed by atoms with van der Waals surface area (Å²) in [4.78, 5) is 14.4. The van der Waals surface area contributed by atoms with Gasteiger partial charge in [0.15, 0.2) is 5.69 Å². The zero-order chi connectivity index (χ0) is 15.1. The highest BCUT2D eigenvalue weighted by atomic mass is 16.3. The molecule has 20 heavy (non-hydrogen) atoms. The number of nitrogens with zero attached hydrogens (tertiary/aromatic N) is 3. The molecule has 0 aliphatic carbocycles. The molecule has 5 heteroatoms. The van der Waals surface area contributed by atoms with Crippen molar-refractivity contribution in [2.24, 2.45) is 5.41 Å². The Morgan fingerprint density at radius 1 is 1.45 bits per heavy atom. The van der Waals surface area contributed by atoms with Crippen molar-refractivity contribution in [3.63, 3.8) is 0 Å². The third-order valence-corrected chi connectivity index (χ3v) is 4.70. The highest BCUT2D eigenvalue weighted by Gasteiger charge is 2.45. The van der Waals surface area contributed by atoms with Gasteiger partial charge in [0, 0.05) is 30.7 Å². The average molecular weight is 279 g/mol. The predicted octanol–water partition coefficient (Wildman–Crippen LogP) is 1.83. The van der Waals surface area contributed by atoms with E-state index in [1.807, 2.05) is 45.4 Å². The topological polar surface area (TPSA) is 58.4 Å². The summed E-state index contributed by atoms with van der Waals surface area (Å²) in [7, 11) is 0. The fourth-order valence-corrected chi connectivity index (χ4v) is 2.69. The molecule has 2 rings (SSSR count). The first-order valence-corrected chi connectivity index (χ1v) is 7.24. The Kier molecular flexibility index (Phi) is 3.67. The number of aliphatic hydroxyl groups is 1. The van der Waals surface area contributed by atoms with E-state index in [1.165, 1.54) is 0 Å². The second-order valence-corrected chi connectivity index (χ2v) is 6.62. The van der Waals surface area contributed by atoms with Gasteiger partial charge in [-0.25, -0.2) is 0 Å². The van der Waals surface area contributed by atoms with Crippen molar-refractivity contribution in [2.75, 3.05) is 13.1 Å². The number of carbonyl (C=O) groups is 1. The summed E-state index contributed by atoms with van der Waals surface area (Å²) in [5.74, 6) is -0.0381. The van der Waals surface area contributed by atoms with Crippen molar-refractivity contribution in [2.45, 2.75) is 53.2 Å². The minimum absolute atomic E-state index is 0.0381. The van der Waals surface area contributed by atoms with Crippen LogP contribution in [-0.4, -0.2) is 44.4 Å². The molecule has 1 aliphatic rings. The lowest BCUT2D eigenvalue weighted by Crippen LogP contribution is -2.57. The van der Waals surface area contributed by atoms with E-state index in [-0.39, 0.29) is 11.3 Å². The summed E-state index contributed by atoms with van der Waals surface area (Å²) >= 11 is 0. The first-order chi connectivity index (χ1) is 9.18. The second kappa shape index (κ2) is 4.88. The van der Waals surface area contributed by atoms with Gasteiger partial charge in [-0.2, -0.15) is 5.10 Å². The molecule has 5 nitrogen and oxygen atoms in total. The molecule has 0 aromatic carbocycles. The fraction of sp³-hybridized carbons (Fsp3) is 0.733. The summed E-state index contributed by atoms with van der Waals surface area (Å²) in [6, 6.07) is 1.84. The lowest BCUT2D eigenvalue weighted by molar-refractivity contribution is -0.0971. The van der Waals surface area contributed by atoms with Gasteiger partial charge in [0.25, 0.3) is 5.91 Å². The van der Waals surface area contributed by atoms with Crippen LogP contribution in [0.3, 0.4) is 0 Å². The van der Waals surface area contributed by atoms with Gasteiger partial charge in [-0.1, -0.05) is 13.8 Å². The van der Waals surface area contributed by atoms with Crippen molar-refractivity contribution in [3.05, 3.63) is 17.5 Å². The number of rotatable bonds is 2. The third-order valence-electron chi connectivity index (χ3n) is 4.70. The molecular weight excluding hydrogens is 254 g/mol. The maximum absolute atomic E-state index is 12.5. The van der Waals surface area contributed by atoms with E-state index in [2.05, 4.69) is 5.10 Å². The molecule has 0 radical (unpaired) electrons. The van der Waals surface area contributed by atoms with Crippen LogP contribution in [0.2, 0.25) is 0 Å². The molecule has 0 saturated carbocycles. The first-order valence-electron chi connectivity index (χ1n) is 7.24. The van der Waals surface area contributed by atoms with Crippen LogP contribution in [0, 0.1) is 12.3 Å². The zero-order valence-electron chi connectivity index (χ0n) is 13.1. The molecule has 1 saturated heterocycles. The Morgan fingerprint density at radius 3 is 2.60 bits per heavy atom. The SMILES string of the molecule is CCn1nc(C(=O)N2CC[C@](C)(O)C(C)(C)C2)cc1C. The number of likely N-dealkylation sites (tertiary alicyclic amines) is 1. The van der Waals surface area contributed by atoms with Crippen molar-refractivity contribution < 1.29 is 9.90 Å². The molecule has 1 atom stereocenters. The number of carbonyl (C=O) groups excluding carboxylic acids is 1. The third kappa shape index (κ3) is 2.46. The molecule has 1 N–H and O–H groups in total. The van der Waals surface area contributed by atoms with Crippen LogP contribution in [0.5, 0.6) is 0 Å². The summed E-state index contributed by atoms with van der Waals surface area (Å²) in [6.45, 7) is 11.7. The highest BCUT2D eigenvalue weighted by molar-refractivity contribution is 5.92. The van der Waals surface area contributed by atoms with Crippen LogP contribution < -0.4 is 0 Å². The monoisotopic (exact) mass is 279 g/mol. The van der Waals surface area contributed by atoms with Crippen LogP contribution in [0.25, 0.3) is 0 Å². The van der Waals surface area contributed by atoms with E-state index in [4.69, 9.17) is 0 Å². The number of aromatic nitrogens is 2. The average Bonchev–Trinajstić information content (AvgIpc) is 2.73. The molecule has 0 spiro atoms. The van der Waals surface area contributed by atoms with Gasteiger partial charge < -0.3 is 10.0 Å². The summed E-state index contributed by atoms with van der Waals surface area (Å²) in [5, 5.41) is 14.8. The number of amides is 1. The maximum Gasteiger partial charge on any atom is 0.274 e. The van der Waals surface area contributed by atoms with Gasteiger partial charge in [0.2, 0.25) is 0 Å². The maximum atomic E-state index is 12.5. The molecule has 1 aromatic heterocycles. The Labute approximate surface area is 120 Å². The summed E-state index contributed by atoms with van der Waals surface area (Å²) in [6.07, 6.45) is 0.596. The molecule has 0 unspecified atom stereocenters. The largest absolute Gasteiger partial charge is 0.389 e. The Hall–Kier alpha value is -1.36. The van der Waals surface area contributed by atoms with Gasteiger partial charge in [0.1, 0.15) is 0 Å². The van der Waals surface area contributed by atoms with Gasteiger partial charge in [-0.15, -0.1) is 0 Å². The minimum Gasteiger partial charge on any atom is -0.389 e. The standard InChI is InChI=1S/C15H25N3O2/c1-6-18-11(2)9-12(16-18)13(19)17-8-7-15(5,20)14(3,4)10-17/h9,20H,6-8,10H2,1-5H3/t15-/m0/s1. The number of hydrogen-bond acceptors (Lipinski definition) is 3. The van der Waals surface area contributed by atoms with Crippen molar-refractivity contribution in [3.8, 4) is 0 Å². The predicted molar refractivity (Wildman–Crippen MR) is 77.6 cm³/mol. The van der Waals surface area contributed by atoms with Crippen molar-refractivity contribution in [1.29, 1.82) is 0 Å². The number of hydrogen-bond donors (Lipinski definition) is 1. The molecule has 0 bridgehead atoms. The van der Waals surface area contributed by atoms with Crippen LogP contribution in [0.15, 0.2) is 6.07 Å². The fourth-order valence-electron chi connectivity index (χ4n) is 2.69. The number of piperidine rings is 1. The van der Waals surface area contributed by atoms with Gasteiger partial charge in [-0.3, -0.25) is 9.48 Å². The highest BCUT2D eigenvalue weighted by Crippen LogP contribution is 2.38. The van der Waals surface area contributed by atoms with Crippen molar-refractivity contribution in [1.82, 2.24) is 14.7 Å². The molecule has 1 fully saturated rings. The number of aryl methyl sites for hydroxylation is 2. The van der Waals surface area contributed by atoms with Gasteiger partial charge >= 0.3 is 0 Å². The molecular formula is C15H25N3O2. The molecule has 1 aromatic rings. The van der Waals surface area contributed by atoms with Crippen LogP contribution in [-0.2, 0) is 6.54 Å². The Morgan fingerprint density at radius 2 is 2.10 bits per heavy atom. The quantitative estimate of drug-likeness (QED) is 0.898. The van der Waals surface area contributed by atoms with Gasteiger partial charge in [-0.05, 0) is 33.3 Å². The molecule has 1 aliphatic heterocycles. The van der Waals surface area contributed by atoms with Crippen LogP contribution >= 0.6 is 0 Å². The minimum atomic E-state index is -0.734. The van der Waals surface area contributed by atoms with E-state index in [0.717, 1.165) is 12.2 Å². The molecule has 112 valence electrons. The van der Waals surface area contributed by atoms with E-state index in [9.17, 15) is 9.90 Å². The van der Waals surface area contributed by atoms with E-state index >= 15 is 0 Å². The van der Waals surface area contributed by atoms with Gasteiger partial charge in [0.05, 0.1) is 5.60 Å².